The second-order valence-corrected chi connectivity index (χ2v) is 8.16. The number of anilines is 4. The summed E-state index contributed by atoms with van der Waals surface area (Å²) in [5.74, 6) is -0.171. The third kappa shape index (κ3) is 5.52. The number of nitrogens with zero attached hydrogens (tertiary/aromatic N) is 3. The van der Waals surface area contributed by atoms with E-state index in [1.54, 1.807) is 4.90 Å². The van der Waals surface area contributed by atoms with Gasteiger partial charge in [0.25, 0.3) is 5.56 Å². The molecule has 0 aliphatic carbocycles. The molecule has 1 saturated heterocycles. The van der Waals surface area contributed by atoms with Crippen molar-refractivity contribution >= 4 is 28.8 Å². The highest BCUT2D eigenvalue weighted by Crippen LogP contribution is 2.22. The van der Waals surface area contributed by atoms with Crippen LogP contribution in [0.25, 0.3) is 0 Å². The van der Waals surface area contributed by atoms with Gasteiger partial charge in [0.05, 0.1) is 6.54 Å². The summed E-state index contributed by atoms with van der Waals surface area (Å²) in [5, 5.41) is 2.89. The molecule has 0 bridgehead atoms. The van der Waals surface area contributed by atoms with Gasteiger partial charge < -0.3 is 20.9 Å². The minimum absolute atomic E-state index is 0.0519. The number of nitrogens with two attached hydrogens (primary N) is 1. The zero-order chi connectivity index (χ0) is 23.1. The van der Waals surface area contributed by atoms with Crippen LogP contribution in [0.5, 0.6) is 0 Å². The van der Waals surface area contributed by atoms with E-state index in [-0.39, 0.29) is 24.0 Å². The first-order chi connectivity index (χ1) is 15.4. The number of piperidine rings is 1. The Labute approximate surface area is 188 Å². The molecule has 1 aromatic carbocycles. The molecule has 3 rings (SSSR count). The fraction of sp³-hybridized carbons (Fsp3) is 0.522. The molecule has 0 spiro atoms. The zero-order valence-corrected chi connectivity index (χ0v) is 19.0. The van der Waals surface area contributed by atoms with E-state index in [4.69, 9.17) is 5.73 Å². The lowest BCUT2D eigenvalue weighted by Gasteiger charge is -2.29. The van der Waals surface area contributed by atoms with Crippen LogP contribution in [0.3, 0.4) is 0 Å². The summed E-state index contributed by atoms with van der Waals surface area (Å²) in [4.78, 5) is 43.6. The number of likely N-dealkylation sites (N-methyl/N-ethyl adjacent to an activating group) is 1. The Balaban J connectivity index is 1.71. The summed E-state index contributed by atoms with van der Waals surface area (Å²) in [5.41, 5.74) is 7.08. The van der Waals surface area contributed by atoms with Crippen LogP contribution < -0.4 is 32.1 Å². The summed E-state index contributed by atoms with van der Waals surface area (Å²) in [6.07, 6.45) is 5.34. The van der Waals surface area contributed by atoms with Crippen molar-refractivity contribution in [1.82, 2.24) is 9.55 Å². The smallest absolute Gasteiger partial charge is 0.330 e. The molecule has 1 amide bonds. The molecule has 0 radical (unpaired) electrons. The van der Waals surface area contributed by atoms with E-state index in [1.165, 1.54) is 23.8 Å². The number of H-pyrrole nitrogens is 1. The Morgan fingerprint density at radius 2 is 1.81 bits per heavy atom. The maximum absolute atomic E-state index is 12.7. The van der Waals surface area contributed by atoms with Gasteiger partial charge >= 0.3 is 5.69 Å². The highest BCUT2D eigenvalue weighted by molar-refractivity contribution is 5.94. The van der Waals surface area contributed by atoms with Crippen LogP contribution in [-0.2, 0) is 11.3 Å². The van der Waals surface area contributed by atoms with E-state index >= 15 is 0 Å². The molecule has 32 heavy (non-hydrogen) atoms. The fourth-order valence-electron chi connectivity index (χ4n) is 4.05. The predicted octanol–water partition coefficient (Wildman–Crippen LogP) is 2.37. The van der Waals surface area contributed by atoms with Crippen LogP contribution in [0.2, 0.25) is 0 Å². The predicted molar refractivity (Wildman–Crippen MR) is 130 cm³/mol. The van der Waals surface area contributed by atoms with Crippen molar-refractivity contribution in [3.8, 4) is 0 Å². The van der Waals surface area contributed by atoms with Crippen molar-refractivity contribution in [2.24, 2.45) is 0 Å². The SMILES string of the molecule is CCCCn1c(N)c(N(CC)CC(=O)Nc2ccc(N3CCCCC3)cc2)c(=O)[nH]c1=O. The molecular formula is C23H34N6O3. The molecule has 0 unspecified atom stereocenters. The van der Waals surface area contributed by atoms with Gasteiger partial charge in [-0.25, -0.2) is 4.79 Å². The number of aromatic amines is 1. The minimum atomic E-state index is -0.583. The van der Waals surface area contributed by atoms with E-state index in [9.17, 15) is 14.4 Å². The Hall–Kier alpha value is -3.23. The first-order valence-corrected chi connectivity index (χ1v) is 11.5. The maximum Gasteiger partial charge on any atom is 0.330 e. The maximum atomic E-state index is 12.7. The number of nitrogens with one attached hydrogen (secondary N) is 2. The van der Waals surface area contributed by atoms with Crippen molar-refractivity contribution in [3.05, 3.63) is 45.1 Å². The van der Waals surface area contributed by atoms with Crippen molar-refractivity contribution in [2.75, 3.05) is 47.0 Å². The summed E-state index contributed by atoms with van der Waals surface area (Å²) < 4.78 is 1.36. The third-order valence-corrected chi connectivity index (χ3v) is 5.85. The van der Waals surface area contributed by atoms with E-state index in [0.717, 1.165) is 31.6 Å². The van der Waals surface area contributed by atoms with Gasteiger partial charge in [-0.3, -0.25) is 19.1 Å². The van der Waals surface area contributed by atoms with Crippen molar-refractivity contribution < 1.29 is 4.79 Å². The van der Waals surface area contributed by atoms with Crippen LogP contribution in [0.4, 0.5) is 22.9 Å². The lowest BCUT2D eigenvalue weighted by molar-refractivity contribution is -0.115. The average molecular weight is 443 g/mol. The van der Waals surface area contributed by atoms with E-state index in [1.807, 2.05) is 38.1 Å². The van der Waals surface area contributed by atoms with E-state index in [2.05, 4.69) is 15.2 Å². The van der Waals surface area contributed by atoms with Gasteiger partial charge in [0.15, 0.2) is 0 Å². The largest absolute Gasteiger partial charge is 0.383 e. The van der Waals surface area contributed by atoms with Gasteiger partial charge in [0.1, 0.15) is 11.5 Å². The van der Waals surface area contributed by atoms with Crippen molar-refractivity contribution in [2.45, 2.75) is 52.5 Å². The van der Waals surface area contributed by atoms with Gasteiger partial charge in [0, 0.05) is 37.6 Å². The molecule has 1 aliphatic heterocycles. The molecule has 9 heteroatoms. The molecular weight excluding hydrogens is 408 g/mol. The van der Waals surface area contributed by atoms with Crippen molar-refractivity contribution in [1.29, 1.82) is 0 Å². The van der Waals surface area contributed by atoms with Crippen LogP contribution >= 0.6 is 0 Å². The zero-order valence-electron chi connectivity index (χ0n) is 19.0. The standard InChI is InChI=1S/C23H34N6O3/c1-3-5-15-29-21(24)20(22(31)26-23(29)32)27(4-2)16-19(30)25-17-9-11-18(12-10-17)28-13-7-6-8-14-28/h9-12H,3-8,13-16,24H2,1-2H3,(H,25,30)(H,26,31,32). The van der Waals surface area contributed by atoms with Gasteiger partial charge in [-0.05, 0) is 56.9 Å². The number of carbonyl (C=O) groups excluding carboxylic acids is 1. The Morgan fingerprint density at radius 3 is 2.44 bits per heavy atom. The van der Waals surface area contributed by atoms with E-state index in [0.29, 0.717) is 18.8 Å². The van der Waals surface area contributed by atoms with E-state index < -0.39 is 11.2 Å². The molecule has 2 heterocycles. The Morgan fingerprint density at radius 1 is 1.12 bits per heavy atom. The molecule has 2 aromatic rings. The van der Waals surface area contributed by atoms with Gasteiger partial charge in [0.2, 0.25) is 5.91 Å². The highest BCUT2D eigenvalue weighted by atomic mass is 16.2. The first-order valence-electron chi connectivity index (χ1n) is 11.5. The Bertz CT molecular complexity index is 1020. The highest BCUT2D eigenvalue weighted by Gasteiger charge is 2.20. The minimum Gasteiger partial charge on any atom is -0.383 e. The number of nitrogen functional groups attached to an aromatic ring is 1. The van der Waals surface area contributed by atoms with Crippen molar-refractivity contribution in [3.63, 3.8) is 0 Å². The molecule has 9 nitrogen and oxygen atoms in total. The lowest BCUT2D eigenvalue weighted by atomic mass is 10.1. The molecule has 4 N–H and O–H groups in total. The molecule has 174 valence electrons. The third-order valence-electron chi connectivity index (χ3n) is 5.85. The summed E-state index contributed by atoms with van der Waals surface area (Å²) in [6, 6.07) is 7.82. The Kier molecular flexibility index (Phi) is 7.97. The monoisotopic (exact) mass is 442 g/mol. The van der Waals surface area contributed by atoms with Crippen LogP contribution in [-0.4, -0.2) is 41.6 Å². The molecule has 1 aromatic heterocycles. The lowest BCUT2D eigenvalue weighted by Crippen LogP contribution is -2.41. The number of unbranched alkanes of at least 4 members (excludes halogenated alkanes) is 1. The number of hydrogen-bond acceptors (Lipinski definition) is 6. The molecule has 1 aliphatic rings. The summed E-state index contributed by atoms with van der Waals surface area (Å²) in [6.45, 7) is 6.72. The van der Waals surface area contributed by atoms with Gasteiger partial charge in [-0.1, -0.05) is 13.3 Å². The number of aromatic nitrogens is 2. The number of amides is 1. The average Bonchev–Trinajstić information content (AvgIpc) is 2.79. The second-order valence-electron chi connectivity index (χ2n) is 8.16. The number of benzene rings is 1. The number of rotatable bonds is 9. The van der Waals surface area contributed by atoms with Gasteiger partial charge in [-0.15, -0.1) is 0 Å². The summed E-state index contributed by atoms with van der Waals surface area (Å²) in [7, 11) is 0. The number of carbonyl (C=O) groups is 1. The second kappa shape index (κ2) is 10.9. The fourth-order valence-corrected chi connectivity index (χ4v) is 4.05. The van der Waals surface area contributed by atoms with Crippen LogP contribution in [0, 0.1) is 0 Å². The molecule has 0 atom stereocenters. The van der Waals surface area contributed by atoms with Crippen LogP contribution in [0.15, 0.2) is 33.9 Å². The number of hydrogen-bond donors (Lipinski definition) is 3. The normalized spacial score (nSPS) is 13.8. The first kappa shape index (κ1) is 23.4. The van der Waals surface area contributed by atoms with Gasteiger partial charge in [-0.2, -0.15) is 0 Å². The summed E-state index contributed by atoms with van der Waals surface area (Å²) >= 11 is 0. The molecule has 0 saturated carbocycles. The molecule has 1 fully saturated rings. The quantitative estimate of drug-likeness (QED) is 0.549. The van der Waals surface area contributed by atoms with Crippen LogP contribution in [0.1, 0.15) is 46.0 Å². The topological polar surface area (TPSA) is 116 Å².